The van der Waals surface area contributed by atoms with Gasteiger partial charge in [-0.1, -0.05) is 0 Å². The molecule has 0 aliphatic rings. The summed E-state index contributed by atoms with van der Waals surface area (Å²) in [6, 6.07) is 3.57. The molecule has 1 aromatic heterocycles. The van der Waals surface area contributed by atoms with E-state index in [1.807, 2.05) is 13.0 Å². The molecular weight excluding hydrogens is 220 g/mol. The van der Waals surface area contributed by atoms with E-state index in [4.69, 9.17) is 15.6 Å². The minimum atomic E-state index is -0.934. The summed E-state index contributed by atoms with van der Waals surface area (Å²) >= 11 is 0. The van der Waals surface area contributed by atoms with E-state index in [-0.39, 0.29) is 13.2 Å². The Morgan fingerprint density at radius 1 is 1.53 bits per heavy atom. The smallest absolute Gasteiger partial charge is 0.312 e. The highest BCUT2D eigenvalue weighted by molar-refractivity contribution is 5.73. The van der Waals surface area contributed by atoms with Crippen LogP contribution in [0, 0.1) is 12.3 Å². The molecule has 0 saturated carbocycles. The maximum Gasteiger partial charge on any atom is 0.312 e. The molecule has 0 amide bonds. The first kappa shape index (κ1) is 13.4. The molecule has 1 heterocycles. The summed E-state index contributed by atoms with van der Waals surface area (Å²) in [5.41, 5.74) is 6.13. The zero-order chi connectivity index (χ0) is 13.1. The fraction of sp³-hybridized carbons (Fsp3) is 0.500. The Labute approximate surface area is 101 Å². The molecule has 0 fully saturated rings. The third-order valence-corrected chi connectivity index (χ3v) is 2.43. The minimum Gasteiger partial charge on any atom is -0.490 e. The van der Waals surface area contributed by atoms with Crippen molar-refractivity contribution < 1.29 is 14.6 Å². The lowest BCUT2D eigenvalue weighted by atomic mass is 9.95. The summed E-state index contributed by atoms with van der Waals surface area (Å²) in [6.45, 7) is 5.44. The first-order chi connectivity index (χ1) is 7.86. The van der Waals surface area contributed by atoms with Gasteiger partial charge in [-0.3, -0.25) is 9.78 Å². The normalized spacial score (nSPS) is 11.3. The van der Waals surface area contributed by atoms with Gasteiger partial charge >= 0.3 is 5.97 Å². The molecule has 0 bridgehead atoms. The van der Waals surface area contributed by atoms with Gasteiger partial charge in [-0.2, -0.15) is 0 Å². The fourth-order valence-electron chi connectivity index (χ4n) is 1.20. The Kier molecular flexibility index (Phi) is 4.07. The van der Waals surface area contributed by atoms with Gasteiger partial charge in [0.05, 0.1) is 11.1 Å². The van der Waals surface area contributed by atoms with Crippen molar-refractivity contribution in [2.75, 3.05) is 6.61 Å². The lowest BCUT2D eigenvalue weighted by molar-refractivity contribution is -0.148. The van der Waals surface area contributed by atoms with Crippen molar-refractivity contribution in [1.82, 2.24) is 4.98 Å². The van der Waals surface area contributed by atoms with Crippen molar-refractivity contribution in [2.45, 2.75) is 27.3 Å². The van der Waals surface area contributed by atoms with Crippen molar-refractivity contribution in [2.24, 2.45) is 11.1 Å². The van der Waals surface area contributed by atoms with E-state index in [0.29, 0.717) is 11.4 Å². The molecule has 0 aliphatic carbocycles. The van der Waals surface area contributed by atoms with Crippen LogP contribution < -0.4 is 10.5 Å². The van der Waals surface area contributed by atoms with Crippen LogP contribution in [-0.2, 0) is 11.3 Å². The van der Waals surface area contributed by atoms with Crippen LogP contribution in [0.4, 0.5) is 0 Å². The first-order valence-corrected chi connectivity index (χ1v) is 5.39. The van der Waals surface area contributed by atoms with Crippen LogP contribution in [-0.4, -0.2) is 22.7 Å². The number of pyridine rings is 1. The van der Waals surface area contributed by atoms with E-state index < -0.39 is 11.4 Å². The summed E-state index contributed by atoms with van der Waals surface area (Å²) < 4.78 is 5.49. The van der Waals surface area contributed by atoms with Gasteiger partial charge in [0.2, 0.25) is 0 Å². The number of carboxylic acid groups (broad SMARTS) is 1. The molecule has 0 aromatic carbocycles. The molecule has 0 saturated heterocycles. The maximum absolute atomic E-state index is 10.9. The molecule has 3 N–H and O–H groups in total. The van der Waals surface area contributed by atoms with Gasteiger partial charge in [0.15, 0.2) is 0 Å². The largest absolute Gasteiger partial charge is 0.490 e. The van der Waals surface area contributed by atoms with Crippen LogP contribution in [0.3, 0.4) is 0 Å². The zero-order valence-electron chi connectivity index (χ0n) is 10.4. The summed E-state index contributed by atoms with van der Waals surface area (Å²) in [7, 11) is 0. The number of hydrogen-bond donors (Lipinski definition) is 2. The topological polar surface area (TPSA) is 85.4 Å². The molecule has 0 aliphatic heterocycles. The Bertz CT molecular complexity index is 416. The lowest BCUT2D eigenvalue weighted by Gasteiger charge is -2.20. The van der Waals surface area contributed by atoms with E-state index in [0.717, 1.165) is 5.69 Å². The molecule has 0 atom stereocenters. The van der Waals surface area contributed by atoms with Gasteiger partial charge in [0.1, 0.15) is 12.4 Å². The quantitative estimate of drug-likeness (QED) is 0.808. The highest BCUT2D eigenvalue weighted by Crippen LogP contribution is 2.21. The number of hydrogen-bond acceptors (Lipinski definition) is 4. The van der Waals surface area contributed by atoms with Crippen LogP contribution in [0.1, 0.15) is 25.2 Å². The fourth-order valence-corrected chi connectivity index (χ4v) is 1.20. The molecule has 5 nitrogen and oxygen atoms in total. The van der Waals surface area contributed by atoms with Crippen LogP contribution in [0.15, 0.2) is 12.1 Å². The summed E-state index contributed by atoms with van der Waals surface area (Å²) in [5.74, 6) is -0.348. The number of nitrogens with zero attached hydrogens (tertiary/aromatic N) is 1. The minimum absolute atomic E-state index is 0.0834. The van der Waals surface area contributed by atoms with Crippen molar-refractivity contribution in [3.63, 3.8) is 0 Å². The van der Waals surface area contributed by atoms with E-state index in [9.17, 15) is 4.79 Å². The van der Waals surface area contributed by atoms with E-state index in [1.165, 1.54) is 0 Å². The van der Waals surface area contributed by atoms with Crippen LogP contribution in [0.25, 0.3) is 0 Å². The second-order valence-corrected chi connectivity index (χ2v) is 4.58. The lowest BCUT2D eigenvalue weighted by Crippen LogP contribution is -2.31. The number of ether oxygens (including phenoxy) is 1. The second kappa shape index (κ2) is 5.14. The van der Waals surface area contributed by atoms with E-state index >= 15 is 0 Å². The molecule has 94 valence electrons. The Hall–Kier alpha value is -1.62. The summed E-state index contributed by atoms with van der Waals surface area (Å²) in [6.07, 6.45) is 0. The molecule has 0 radical (unpaired) electrons. The third-order valence-electron chi connectivity index (χ3n) is 2.43. The first-order valence-electron chi connectivity index (χ1n) is 5.39. The van der Waals surface area contributed by atoms with E-state index in [1.54, 1.807) is 19.9 Å². The Balaban J connectivity index is 2.79. The molecular formula is C12H18N2O3. The number of aliphatic carboxylic acids is 1. The number of nitrogens with two attached hydrogens (primary N) is 1. The van der Waals surface area contributed by atoms with Crippen molar-refractivity contribution in [3.8, 4) is 5.75 Å². The van der Waals surface area contributed by atoms with Crippen molar-refractivity contribution in [1.29, 1.82) is 0 Å². The van der Waals surface area contributed by atoms with Crippen molar-refractivity contribution >= 4 is 5.97 Å². The third kappa shape index (κ3) is 3.42. The number of aryl methyl sites for hydroxylation is 1. The number of rotatable bonds is 5. The highest BCUT2D eigenvalue weighted by Gasteiger charge is 2.28. The summed E-state index contributed by atoms with van der Waals surface area (Å²) in [5, 5.41) is 8.97. The average molecular weight is 238 g/mol. The SMILES string of the molecule is Cc1ccc(OCC(C)(C)C(=O)O)c(CN)n1. The van der Waals surface area contributed by atoms with Gasteiger partial charge in [-0.05, 0) is 32.9 Å². The predicted molar refractivity (Wildman–Crippen MR) is 63.8 cm³/mol. The molecule has 0 unspecified atom stereocenters. The van der Waals surface area contributed by atoms with E-state index in [2.05, 4.69) is 4.98 Å². The van der Waals surface area contributed by atoms with Gasteiger partial charge in [-0.15, -0.1) is 0 Å². The second-order valence-electron chi connectivity index (χ2n) is 4.58. The number of carboxylic acids is 1. The monoisotopic (exact) mass is 238 g/mol. The summed E-state index contributed by atoms with van der Waals surface area (Å²) in [4.78, 5) is 15.2. The Morgan fingerprint density at radius 3 is 2.71 bits per heavy atom. The molecule has 1 aromatic rings. The van der Waals surface area contributed by atoms with Gasteiger partial charge < -0.3 is 15.6 Å². The standard InChI is InChI=1S/C12H18N2O3/c1-8-4-5-10(9(6-13)14-8)17-7-12(2,3)11(15)16/h4-5H,6-7,13H2,1-3H3,(H,15,16). The number of aromatic nitrogens is 1. The number of carbonyl (C=O) groups is 1. The molecule has 5 heteroatoms. The predicted octanol–water partition coefficient (Wildman–Crippen LogP) is 1.34. The van der Waals surface area contributed by atoms with Gasteiger partial charge in [0, 0.05) is 12.2 Å². The molecule has 0 spiro atoms. The molecule has 17 heavy (non-hydrogen) atoms. The van der Waals surface area contributed by atoms with Crippen molar-refractivity contribution in [3.05, 3.63) is 23.5 Å². The maximum atomic E-state index is 10.9. The highest BCUT2D eigenvalue weighted by atomic mass is 16.5. The van der Waals surface area contributed by atoms with Crippen LogP contribution in [0.5, 0.6) is 5.75 Å². The van der Waals surface area contributed by atoms with Gasteiger partial charge in [-0.25, -0.2) is 0 Å². The van der Waals surface area contributed by atoms with Crippen LogP contribution in [0.2, 0.25) is 0 Å². The van der Waals surface area contributed by atoms with Gasteiger partial charge in [0.25, 0.3) is 0 Å². The molecule has 1 rings (SSSR count). The Morgan fingerprint density at radius 2 is 2.18 bits per heavy atom. The van der Waals surface area contributed by atoms with Crippen LogP contribution >= 0.6 is 0 Å². The zero-order valence-corrected chi connectivity index (χ0v) is 10.4. The average Bonchev–Trinajstić information content (AvgIpc) is 2.27.